The molecule has 0 aliphatic heterocycles. The Morgan fingerprint density at radius 1 is 1.13 bits per heavy atom. The summed E-state index contributed by atoms with van der Waals surface area (Å²) >= 11 is 3.68. The van der Waals surface area contributed by atoms with Gasteiger partial charge in [0.1, 0.15) is 0 Å². The first-order valence-corrected chi connectivity index (χ1v) is 9.77. The van der Waals surface area contributed by atoms with Crippen LogP contribution in [0, 0.1) is 0 Å². The molecule has 0 atom stereocenters. The quantitative estimate of drug-likeness (QED) is 0.678. The molecule has 1 saturated carbocycles. The van der Waals surface area contributed by atoms with Crippen molar-refractivity contribution in [2.24, 2.45) is 0 Å². The first-order chi connectivity index (χ1) is 11.3. The van der Waals surface area contributed by atoms with E-state index in [0.29, 0.717) is 12.6 Å². The summed E-state index contributed by atoms with van der Waals surface area (Å²) in [4.78, 5) is 0. The third kappa shape index (κ3) is 5.68. The van der Waals surface area contributed by atoms with Crippen molar-refractivity contribution in [3.05, 3.63) is 22.2 Å². The largest absolute Gasteiger partial charge is 0.493 e. The molecule has 0 spiro atoms. The van der Waals surface area contributed by atoms with E-state index >= 15 is 0 Å². The number of nitrogens with one attached hydrogen (secondary N) is 1. The first-order valence-electron chi connectivity index (χ1n) is 8.97. The maximum atomic E-state index is 5.98. The summed E-state index contributed by atoms with van der Waals surface area (Å²) in [5, 5.41) is 3.75. The van der Waals surface area contributed by atoms with Gasteiger partial charge < -0.3 is 14.8 Å². The molecule has 0 amide bonds. The van der Waals surface area contributed by atoms with E-state index in [0.717, 1.165) is 28.9 Å². The maximum Gasteiger partial charge on any atom is 0.166 e. The van der Waals surface area contributed by atoms with Gasteiger partial charge in [-0.1, -0.05) is 55.0 Å². The fourth-order valence-corrected chi connectivity index (χ4v) is 3.63. The molecule has 0 radical (unpaired) electrons. The van der Waals surface area contributed by atoms with Crippen molar-refractivity contribution >= 4 is 15.9 Å². The van der Waals surface area contributed by atoms with Gasteiger partial charge in [-0.2, -0.15) is 0 Å². The molecule has 0 saturated heterocycles. The van der Waals surface area contributed by atoms with Crippen LogP contribution < -0.4 is 14.8 Å². The number of hydrogen-bond donors (Lipinski definition) is 1. The Hall–Kier alpha value is -0.740. The van der Waals surface area contributed by atoms with Crippen LogP contribution in [-0.2, 0) is 6.54 Å². The van der Waals surface area contributed by atoms with Gasteiger partial charge in [0.25, 0.3) is 0 Å². The summed E-state index contributed by atoms with van der Waals surface area (Å²) in [6, 6.07) is 4.63. The van der Waals surface area contributed by atoms with E-state index in [4.69, 9.17) is 9.47 Å². The molecule has 2 rings (SSSR count). The maximum absolute atomic E-state index is 5.98. The van der Waals surface area contributed by atoms with Gasteiger partial charge in [-0.25, -0.2) is 0 Å². The van der Waals surface area contributed by atoms with Crippen molar-refractivity contribution in [3.63, 3.8) is 0 Å². The van der Waals surface area contributed by atoms with Crippen LogP contribution in [0.25, 0.3) is 0 Å². The molecule has 23 heavy (non-hydrogen) atoms. The topological polar surface area (TPSA) is 30.5 Å². The summed E-state index contributed by atoms with van der Waals surface area (Å²) in [5.41, 5.74) is 1.17. The zero-order valence-corrected chi connectivity index (χ0v) is 16.1. The van der Waals surface area contributed by atoms with Gasteiger partial charge in [-0.15, -0.1) is 0 Å². The molecule has 3 nitrogen and oxygen atoms in total. The average molecular weight is 384 g/mol. The SMILES string of the molecule is CCCOc1c(OC)ccc(Br)c1CNC1CCCCCCC1. The van der Waals surface area contributed by atoms with Crippen molar-refractivity contribution in [1.29, 1.82) is 0 Å². The summed E-state index contributed by atoms with van der Waals surface area (Å²) < 4.78 is 12.6. The average Bonchev–Trinajstić information content (AvgIpc) is 2.53. The van der Waals surface area contributed by atoms with Crippen molar-refractivity contribution in [3.8, 4) is 11.5 Å². The Balaban J connectivity index is 2.07. The first kappa shape index (κ1) is 18.6. The molecule has 0 bridgehead atoms. The Kier molecular flexibility index (Phi) is 8.24. The van der Waals surface area contributed by atoms with Crippen LogP contribution in [0.3, 0.4) is 0 Å². The van der Waals surface area contributed by atoms with Gasteiger partial charge in [0.05, 0.1) is 13.7 Å². The fourth-order valence-electron chi connectivity index (χ4n) is 3.18. The lowest BCUT2D eigenvalue weighted by Gasteiger charge is -2.23. The molecule has 1 aromatic rings. The van der Waals surface area contributed by atoms with Crippen LogP contribution in [0.15, 0.2) is 16.6 Å². The molecule has 0 heterocycles. The van der Waals surface area contributed by atoms with E-state index in [1.165, 1.54) is 50.5 Å². The molecule has 1 aromatic carbocycles. The number of halogens is 1. The van der Waals surface area contributed by atoms with Crippen LogP contribution in [0.2, 0.25) is 0 Å². The zero-order valence-electron chi connectivity index (χ0n) is 14.5. The lowest BCUT2D eigenvalue weighted by Crippen LogP contribution is -2.29. The van der Waals surface area contributed by atoms with E-state index in [1.807, 2.05) is 12.1 Å². The predicted octanol–water partition coefficient (Wildman–Crippen LogP) is 5.45. The predicted molar refractivity (Wildman–Crippen MR) is 99.4 cm³/mol. The molecule has 0 aromatic heterocycles. The van der Waals surface area contributed by atoms with Crippen LogP contribution >= 0.6 is 15.9 Å². The van der Waals surface area contributed by atoms with Gasteiger partial charge >= 0.3 is 0 Å². The highest BCUT2D eigenvalue weighted by atomic mass is 79.9. The van der Waals surface area contributed by atoms with E-state index < -0.39 is 0 Å². The highest BCUT2D eigenvalue weighted by molar-refractivity contribution is 9.10. The molecule has 4 heteroatoms. The van der Waals surface area contributed by atoms with Crippen molar-refractivity contribution in [2.45, 2.75) is 70.9 Å². The van der Waals surface area contributed by atoms with E-state index in [-0.39, 0.29) is 0 Å². The van der Waals surface area contributed by atoms with Crippen LogP contribution in [0.5, 0.6) is 11.5 Å². The summed E-state index contributed by atoms with van der Waals surface area (Å²) in [5.74, 6) is 1.69. The fraction of sp³-hybridized carbons (Fsp3) is 0.684. The van der Waals surface area contributed by atoms with Crippen molar-refractivity contribution in [2.75, 3.05) is 13.7 Å². The molecular formula is C19H30BrNO2. The molecule has 1 fully saturated rings. The molecule has 1 aliphatic rings. The Labute approximate surface area is 149 Å². The van der Waals surface area contributed by atoms with Crippen LogP contribution in [-0.4, -0.2) is 19.8 Å². The van der Waals surface area contributed by atoms with Gasteiger partial charge in [-0.05, 0) is 31.4 Å². The van der Waals surface area contributed by atoms with Gasteiger partial charge in [-0.3, -0.25) is 0 Å². The molecular weight excluding hydrogens is 354 g/mol. The second-order valence-corrected chi connectivity index (χ2v) is 7.18. The van der Waals surface area contributed by atoms with E-state index in [2.05, 4.69) is 28.2 Å². The number of hydrogen-bond acceptors (Lipinski definition) is 3. The van der Waals surface area contributed by atoms with E-state index in [1.54, 1.807) is 7.11 Å². The van der Waals surface area contributed by atoms with Crippen LogP contribution in [0.1, 0.15) is 63.9 Å². The molecule has 1 aliphatic carbocycles. The minimum absolute atomic E-state index is 0.618. The minimum atomic E-state index is 0.618. The number of ether oxygens (including phenoxy) is 2. The molecule has 1 N–H and O–H groups in total. The Bertz CT molecular complexity index is 471. The zero-order chi connectivity index (χ0) is 16.5. The minimum Gasteiger partial charge on any atom is -0.493 e. The lowest BCUT2D eigenvalue weighted by molar-refractivity contribution is 0.288. The molecule has 130 valence electrons. The van der Waals surface area contributed by atoms with E-state index in [9.17, 15) is 0 Å². The van der Waals surface area contributed by atoms with Crippen molar-refractivity contribution in [1.82, 2.24) is 5.32 Å². The molecule has 0 unspecified atom stereocenters. The second kappa shape index (κ2) is 10.2. The van der Waals surface area contributed by atoms with Crippen molar-refractivity contribution < 1.29 is 9.47 Å². The summed E-state index contributed by atoms with van der Waals surface area (Å²) in [6.07, 6.45) is 10.4. The standard InChI is InChI=1S/C19H30BrNO2/c1-3-13-23-19-16(17(20)11-12-18(19)22-2)14-21-15-9-7-5-4-6-8-10-15/h11-12,15,21H,3-10,13-14H2,1-2H3. The highest BCUT2D eigenvalue weighted by Gasteiger charge is 2.17. The second-order valence-electron chi connectivity index (χ2n) is 6.33. The third-order valence-corrected chi connectivity index (χ3v) is 5.25. The van der Waals surface area contributed by atoms with Crippen LogP contribution in [0.4, 0.5) is 0 Å². The smallest absolute Gasteiger partial charge is 0.166 e. The highest BCUT2D eigenvalue weighted by Crippen LogP contribution is 2.36. The van der Waals surface area contributed by atoms with Gasteiger partial charge in [0.2, 0.25) is 0 Å². The van der Waals surface area contributed by atoms with Gasteiger partial charge in [0, 0.05) is 22.6 Å². The summed E-state index contributed by atoms with van der Waals surface area (Å²) in [6.45, 7) is 3.65. The Morgan fingerprint density at radius 2 is 1.83 bits per heavy atom. The van der Waals surface area contributed by atoms with Gasteiger partial charge in [0.15, 0.2) is 11.5 Å². The lowest BCUT2D eigenvalue weighted by atomic mass is 9.96. The summed E-state index contributed by atoms with van der Waals surface area (Å²) in [7, 11) is 1.70. The number of methoxy groups -OCH3 is 1. The number of rotatable bonds is 7. The normalized spacial score (nSPS) is 16.7. The Morgan fingerprint density at radius 3 is 2.48 bits per heavy atom. The third-order valence-electron chi connectivity index (χ3n) is 4.51. The monoisotopic (exact) mass is 383 g/mol. The number of benzene rings is 1.